The molecule has 2 atom stereocenters. The summed E-state index contributed by atoms with van der Waals surface area (Å²) in [6, 6.07) is 5.13. The Morgan fingerprint density at radius 2 is 1.95 bits per heavy atom. The summed E-state index contributed by atoms with van der Waals surface area (Å²) in [5, 5.41) is 11.6. The molecular weight excluding hydrogens is 314 g/mol. The maximum Gasteiger partial charge on any atom is 0.307 e. The van der Waals surface area contributed by atoms with Crippen LogP contribution in [0.2, 0.25) is 0 Å². The van der Waals surface area contributed by atoms with Crippen LogP contribution >= 0.6 is 15.9 Å². The van der Waals surface area contributed by atoms with Gasteiger partial charge in [-0.2, -0.15) is 0 Å². The highest BCUT2D eigenvalue weighted by atomic mass is 79.9. The number of halogens is 1. The Balaban J connectivity index is 2.79. The Kier molecular flexibility index (Phi) is 5.35. The van der Waals surface area contributed by atoms with E-state index in [4.69, 9.17) is 9.84 Å². The Morgan fingerprint density at radius 3 is 2.47 bits per heavy atom. The molecule has 6 heteroatoms. The molecule has 0 aliphatic heterocycles. The van der Waals surface area contributed by atoms with Crippen molar-refractivity contribution in [3.05, 3.63) is 22.7 Å². The summed E-state index contributed by atoms with van der Waals surface area (Å²) in [5.41, 5.74) is 0.564. The predicted molar refractivity (Wildman–Crippen MR) is 75.3 cm³/mol. The Labute approximate surface area is 120 Å². The third-order valence-electron chi connectivity index (χ3n) is 2.97. The van der Waals surface area contributed by atoms with Crippen LogP contribution in [0.15, 0.2) is 22.7 Å². The summed E-state index contributed by atoms with van der Waals surface area (Å²) in [6.45, 7) is 3.10. The average molecular weight is 330 g/mol. The minimum Gasteiger partial charge on any atom is -0.495 e. The number of hydrogen-bond donors (Lipinski definition) is 2. The zero-order valence-electron chi connectivity index (χ0n) is 10.9. The molecule has 0 fully saturated rings. The van der Waals surface area contributed by atoms with Crippen molar-refractivity contribution in [2.45, 2.75) is 13.8 Å². The first kappa shape index (κ1) is 15.5. The molecule has 0 aromatic heterocycles. The first-order valence-electron chi connectivity index (χ1n) is 5.74. The zero-order chi connectivity index (χ0) is 14.6. The van der Waals surface area contributed by atoms with Gasteiger partial charge in [-0.05, 0) is 28.1 Å². The van der Waals surface area contributed by atoms with E-state index in [0.717, 1.165) is 4.47 Å². The number of carboxylic acid groups (broad SMARTS) is 1. The number of carbonyl (C=O) groups is 2. The number of rotatable bonds is 5. The van der Waals surface area contributed by atoms with E-state index in [2.05, 4.69) is 21.2 Å². The smallest absolute Gasteiger partial charge is 0.307 e. The number of hydrogen-bond acceptors (Lipinski definition) is 3. The molecule has 1 aromatic carbocycles. The molecule has 0 radical (unpaired) electrons. The van der Waals surface area contributed by atoms with E-state index in [1.54, 1.807) is 25.1 Å². The van der Waals surface area contributed by atoms with Crippen LogP contribution < -0.4 is 10.1 Å². The number of anilines is 1. The summed E-state index contributed by atoms with van der Waals surface area (Å²) in [7, 11) is 1.53. The van der Waals surface area contributed by atoms with Crippen molar-refractivity contribution in [1.29, 1.82) is 0 Å². The molecular formula is C13H16BrNO4. The lowest BCUT2D eigenvalue weighted by Gasteiger charge is -2.16. The monoisotopic (exact) mass is 329 g/mol. The van der Waals surface area contributed by atoms with E-state index in [1.165, 1.54) is 14.0 Å². The van der Waals surface area contributed by atoms with E-state index in [9.17, 15) is 9.59 Å². The van der Waals surface area contributed by atoms with Crippen molar-refractivity contribution in [2.24, 2.45) is 11.8 Å². The van der Waals surface area contributed by atoms with Crippen LogP contribution in [0.5, 0.6) is 5.75 Å². The van der Waals surface area contributed by atoms with E-state index in [-0.39, 0.29) is 5.91 Å². The van der Waals surface area contributed by atoms with E-state index < -0.39 is 17.8 Å². The maximum atomic E-state index is 11.9. The number of benzene rings is 1. The van der Waals surface area contributed by atoms with Crippen molar-refractivity contribution >= 4 is 33.5 Å². The normalized spacial score (nSPS) is 13.5. The minimum absolute atomic E-state index is 0.334. The fourth-order valence-electron chi connectivity index (χ4n) is 1.43. The number of carbonyl (C=O) groups excluding carboxylic acids is 1. The van der Waals surface area contributed by atoms with Gasteiger partial charge in [-0.3, -0.25) is 9.59 Å². The second kappa shape index (κ2) is 6.56. The van der Waals surface area contributed by atoms with Gasteiger partial charge in [0.05, 0.1) is 17.5 Å². The molecule has 0 bridgehead atoms. The van der Waals surface area contributed by atoms with Crippen LogP contribution in [0.3, 0.4) is 0 Å². The highest BCUT2D eigenvalue weighted by Crippen LogP contribution is 2.28. The van der Waals surface area contributed by atoms with E-state index in [1.807, 2.05) is 0 Å². The van der Waals surface area contributed by atoms with Crippen LogP contribution in [0.25, 0.3) is 0 Å². The number of carboxylic acids is 1. The molecule has 0 spiro atoms. The summed E-state index contributed by atoms with van der Waals surface area (Å²) in [4.78, 5) is 22.8. The topological polar surface area (TPSA) is 75.6 Å². The Hall–Kier alpha value is -1.56. The predicted octanol–water partition coefficient (Wildman–Crippen LogP) is 2.75. The highest BCUT2D eigenvalue weighted by molar-refractivity contribution is 9.10. The maximum absolute atomic E-state index is 11.9. The average Bonchev–Trinajstić information content (AvgIpc) is 2.38. The van der Waals surface area contributed by atoms with Gasteiger partial charge in [0, 0.05) is 17.7 Å². The van der Waals surface area contributed by atoms with Crippen molar-refractivity contribution < 1.29 is 19.4 Å². The molecule has 5 nitrogen and oxygen atoms in total. The first-order valence-corrected chi connectivity index (χ1v) is 6.53. The summed E-state index contributed by atoms with van der Waals surface area (Å²) < 4.78 is 5.90. The number of methoxy groups -OCH3 is 1. The highest BCUT2D eigenvalue weighted by Gasteiger charge is 2.25. The van der Waals surface area contributed by atoms with Gasteiger partial charge in [0.1, 0.15) is 5.75 Å². The Bertz CT molecular complexity index is 490. The summed E-state index contributed by atoms with van der Waals surface area (Å²) in [5.74, 6) is -2.09. The minimum atomic E-state index is -0.990. The number of ether oxygens (including phenoxy) is 1. The van der Waals surface area contributed by atoms with E-state index >= 15 is 0 Å². The molecule has 2 N–H and O–H groups in total. The van der Waals surface area contributed by atoms with Crippen molar-refractivity contribution in [3.63, 3.8) is 0 Å². The molecule has 0 heterocycles. The molecule has 104 valence electrons. The van der Waals surface area contributed by atoms with Crippen LogP contribution in [-0.2, 0) is 9.59 Å². The molecule has 0 aliphatic rings. The van der Waals surface area contributed by atoms with Crippen LogP contribution in [0.1, 0.15) is 13.8 Å². The first-order chi connectivity index (χ1) is 8.86. The SMILES string of the molecule is COc1cc(NC(=O)C(C)C(C)C(=O)O)ccc1Br. The standard InChI is InChI=1S/C13H16BrNO4/c1-7(8(2)13(17)18)12(16)15-9-4-5-10(14)11(6-9)19-3/h4-8H,1-3H3,(H,15,16)(H,17,18). The van der Waals surface area contributed by atoms with Gasteiger partial charge in [0.15, 0.2) is 0 Å². The zero-order valence-corrected chi connectivity index (χ0v) is 12.5. The fraction of sp³-hybridized carbons (Fsp3) is 0.385. The molecule has 1 rings (SSSR count). The fourth-order valence-corrected chi connectivity index (χ4v) is 1.84. The molecule has 0 saturated carbocycles. The molecule has 19 heavy (non-hydrogen) atoms. The van der Waals surface area contributed by atoms with Gasteiger partial charge in [-0.1, -0.05) is 13.8 Å². The van der Waals surface area contributed by atoms with Crippen LogP contribution in [0, 0.1) is 11.8 Å². The second-order valence-electron chi connectivity index (χ2n) is 4.25. The third-order valence-corrected chi connectivity index (χ3v) is 3.63. The number of amides is 1. The van der Waals surface area contributed by atoms with Crippen molar-refractivity contribution in [3.8, 4) is 5.75 Å². The van der Waals surface area contributed by atoms with Gasteiger partial charge in [0.25, 0.3) is 0 Å². The van der Waals surface area contributed by atoms with Crippen LogP contribution in [0.4, 0.5) is 5.69 Å². The summed E-state index contributed by atoms with van der Waals surface area (Å²) in [6.07, 6.45) is 0. The lowest BCUT2D eigenvalue weighted by Crippen LogP contribution is -2.29. The van der Waals surface area contributed by atoms with E-state index in [0.29, 0.717) is 11.4 Å². The lowest BCUT2D eigenvalue weighted by atomic mass is 9.95. The molecule has 0 aliphatic carbocycles. The van der Waals surface area contributed by atoms with Gasteiger partial charge in [-0.25, -0.2) is 0 Å². The number of nitrogens with one attached hydrogen (secondary N) is 1. The summed E-state index contributed by atoms with van der Waals surface area (Å²) >= 11 is 3.31. The van der Waals surface area contributed by atoms with Gasteiger partial charge >= 0.3 is 5.97 Å². The Morgan fingerprint density at radius 1 is 1.32 bits per heavy atom. The number of aliphatic carboxylic acids is 1. The molecule has 1 amide bonds. The van der Waals surface area contributed by atoms with Gasteiger partial charge in [-0.15, -0.1) is 0 Å². The third kappa shape index (κ3) is 3.96. The van der Waals surface area contributed by atoms with Crippen molar-refractivity contribution in [2.75, 3.05) is 12.4 Å². The van der Waals surface area contributed by atoms with Gasteiger partial charge < -0.3 is 15.2 Å². The molecule has 0 saturated heterocycles. The second-order valence-corrected chi connectivity index (χ2v) is 5.11. The van der Waals surface area contributed by atoms with Crippen LogP contribution in [-0.4, -0.2) is 24.1 Å². The van der Waals surface area contributed by atoms with Crippen molar-refractivity contribution in [1.82, 2.24) is 0 Å². The molecule has 1 aromatic rings. The quantitative estimate of drug-likeness (QED) is 0.870. The largest absolute Gasteiger partial charge is 0.495 e. The van der Waals surface area contributed by atoms with Gasteiger partial charge in [0.2, 0.25) is 5.91 Å². The lowest BCUT2D eigenvalue weighted by molar-refractivity contribution is -0.145. The molecule has 2 unspecified atom stereocenters.